The molecule has 0 rings (SSSR count). The number of hydrogen-bond donors (Lipinski definition) is 0. The van der Waals surface area contributed by atoms with Crippen molar-refractivity contribution in [3.63, 3.8) is 0 Å². The summed E-state index contributed by atoms with van der Waals surface area (Å²) in [6.45, 7) is 17.7. The monoisotopic (exact) mass is 316 g/mol. The summed E-state index contributed by atoms with van der Waals surface area (Å²) in [6, 6.07) is 0. The van der Waals surface area contributed by atoms with Crippen LogP contribution < -0.4 is 0 Å². The van der Waals surface area contributed by atoms with Crippen molar-refractivity contribution in [3.05, 3.63) is 66.2 Å². The minimum atomic E-state index is -1.84. The summed E-state index contributed by atoms with van der Waals surface area (Å²) in [7, 11) is 0. The van der Waals surface area contributed by atoms with Crippen LogP contribution in [0.15, 0.2) is 66.2 Å². The van der Waals surface area contributed by atoms with Gasteiger partial charge in [0.25, 0.3) is 0 Å². The summed E-state index contributed by atoms with van der Waals surface area (Å²) in [5.74, 6) is 0. The van der Waals surface area contributed by atoms with Gasteiger partial charge in [0, 0.05) is 0 Å². The van der Waals surface area contributed by atoms with Crippen molar-refractivity contribution in [1.82, 2.24) is 0 Å². The molecular weight excluding hydrogens is 295 g/mol. The maximum atomic E-state index is 3.88. The van der Waals surface area contributed by atoms with Gasteiger partial charge >= 0.3 is 108 Å². The molecule has 0 spiro atoms. The van der Waals surface area contributed by atoms with Crippen LogP contribution in [0.2, 0.25) is 0 Å². The molecule has 0 aliphatic heterocycles. The first-order valence-corrected chi connectivity index (χ1v) is 11.1. The van der Waals surface area contributed by atoms with Gasteiger partial charge in [-0.1, -0.05) is 0 Å². The zero-order chi connectivity index (χ0) is 12.6. The summed E-state index contributed by atoms with van der Waals surface area (Å²) in [5.41, 5.74) is 3.32. The molecule has 0 unspecified atom stereocenters. The molecule has 0 nitrogen and oxygen atoms in total. The van der Waals surface area contributed by atoms with E-state index in [2.05, 4.69) is 49.5 Å². The number of allylic oxidation sites excluding steroid dienone is 6. The normalized spacial score (nSPS) is 11.4. The van der Waals surface area contributed by atoms with E-state index in [1.54, 1.807) is 0 Å². The molecule has 0 aromatic heterocycles. The molecule has 0 N–H and O–H groups in total. The third kappa shape index (κ3) is 9.85. The fraction of sp³-hybridized carbons (Fsp3) is 0.200. The Labute approximate surface area is 108 Å². The van der Waals surface area contributed by atoms with Gasteiger partial charge in [-0.15, -0.1) is 0 Å². The van der Waals surface area contributed by atoms with Gasteiger partial charge in [-0.25, -0.2) is 0 Å². The van der Waals surface area contributed by atoms with Crippen LogP contribution in [0.1, 0.15) is 20.8 Å². The first-order valence-electron chi connectivity index (χ1n) is 5.43. The molecule has 16 heavy (non-hydrogen) atoms. The van der Waals surface area contributed by atoms with Crippen LogP contribution in [0, 0.1) is 0 Å². The predicted molar refractivity (Wildman–Crippen MR) is 77.6 cm³/mol. The molecule has 0 atom stereocenters. The topological polar surface area (TPSA) is 0 Å². The second-order valence-electron chi connectivity index (χ2n) is 4.19. The van der Waals surface area contributed by atoms with Crippen LogP contribution >= 0.6 is 0 Å². The first kappa shape index (κ1) is 15.3. The van der Waals surface area contributed by atoms with Crippen molar-refractivity contribution < 1.29 is 0 Å². The Balaban J connectivity index is 4.69. The van der Waals surface area contributed by atoms with E-state index in [-0.39, 0.29) is 0 Å². The molecule has 0 saturated carbocycles. The molecule has 0 fully saturated rings. The van der Waals surface area contributed by atoms with E-state index in [1.165, 1.54) is 0 Å². The standard InChI is InChI=1S/3C5H7.In/c3*1-4-5(2)3;/h3*1,4H,2H2,3H3;. The van der Waals surface area contributed by atoms with Crippen molar-refractivity contribution in [2.45, 2.75) is 20.8 Å². The summed E-state index contributed by atoms with van der Waals surface area (Å²) in [5, 5.41) is 0. The van der Waals surface area contributed by atoms with Gasteiger partial charge in [0.15, 0.2) is 0 Å². The molecule has 0 saturated heterocycles. The summed E-state index contributed by atoms with van der Waals surface area (Å²) < 4.78 is 6.97. The molecule has 0 amide bonds. The van der Waals surface area contributed by atoms with E-state index in [9.17, 15) is 0 Å². The summed E-state index contributed by atoms with van der Waals surface area (Å²) >= 11 is -1.84. The molecule has 0 aromatic carbocycles. The molecule has 0 aromatic rings. The van der Waals surface area contributed by atoms with Crippen molar-refractivity contribution >= 4 is 21.4 Å². The molecule has 84 valence electrons. The quantitative estimate of drug-likeness (QED) is 0.633. The zero-order valence-electron chi connectivity index (χ0n) is 10.7. The molecule has 1 heteroatoms. The van der Waals surface area contributed by atoms with E-state index in [0.717, 1.165) is 16.7 Å². The van der Waals surface area contributed by atoms with E-state index in [1.807, 2.05) is 20.8 Å². The third-order valence-electron chi connectivity index (χ3n) is 1.81. The number of hydrogen-bond acceptors (Lipinski definition) is 0. The molecule has 0 heterocycles. The molecule has 0 bridgehead atoms. The van der Waals surface area contributed by atoms with Gasteiger partial charge in [0.05, 0.1) is 0 Å². The Bertz CT molecular complexity index is 297. The Kier molecular flexibility index (Phi) is 8.10. The fourth-order valence-electron chi connectivity index (χ4n) is 1.02. The van der Waals surface area contributed by atoms with Crippen LogP contribution in [0.3, 0.4) is 0 Å². The second kappa shape index (κ2) is 8.46. The van der Waals surface area contributed by atoms with Gasteiger partial charge in [-0.05, 0) is 0 Å². The second-order valence-corrected chi connectivity index (χ2v) is 10.8. The van der Waals surface area contributed by atoms with Crippen LogP contribution in [0.5, 0.6) is 0 Å². The van der Waals surface area contributed by atoms with Crippen LogP contribution in [0.4, 0.5) is 0 Å². The van der Waals surface area contributed by atoms with Gasteiger partial charge in [-0.3, -0.25) is 0 Å². The minimum absolute atomic E-state index is 1.11. The average Bonchev–Trinajstić information content (AvgIpc) is 2.15. The van der Waals surface area contributed by atoms with Crippen molar-refractivity contribution in [2.75, 3.05) is 0 Å². The molecule has 0 radical (unpaired) electrons. The van der Waals surface area contributed by atoms with Crippen LogP contribution in [-0.4, -0.2) is 21.4 Å². The Hall–Kier alpha value is -0.690. The third-order valence-corrected chi connectivity index (χ3v) is 7.26. The van der Waals surface area contributed by atoms with E-state index in [0.29, 0.717) is 0 Å². The average molecular weight is 316 g/mol. The van der Waals surface area contributed by atoms with Crippen molar-refractivity contribution in [3.8, 4) is 0 Å². The predicted octanol–water partition coefficient (Wildman–Crippen LogP) is 4.50. The van der Waals surface area contributed by atoms with Gasteiger partial charge in [0.1, 0.15) is 0 Å². The number of rotatable bonds is 6. The van der Waals surface area contributed by atoms with Gasteiger partial charge in [0.2, 0.25) is 0 Å². The van der Waals surface area contributed by atoms with Crippen molar-refractivity contribution in [1.29, 1.82) is 0 Å². The van der Waals surface area contributed by atoms with Crippen molar-refractivity contribution in [2.24, 2.45) is 0 Å². The first-order chi connectivity index (χ1) is 7.41. The van der Waals surface area contributed by atoms with E-state index in [4.69, 9.17) is 0 Å². The van der Waals surface area contributed by atoms with E-state index >= 15 is 0 Å². The Morgan fingerprint density at radius 1 is 0.688 bits per heavy atom. The summed E-state index contributed by atoms with van der Waals surface area (Å²) in [6.07, 6.45) is 6.35. The Morgan fingerprint density at radius 3 is 1.12 bits per heavy atom. The molecule has 0 aliphatic rings. The fourth-order valence-corrected chi connectivity index (χ4v) is 6.83. The zero-order valence-corrected chi connectivity index (χ0v) is 14.0. The summed E-state index contributed by atoms with van der Waals surface area (Å²) in [4.78, 5) is 0. The Morgan fingerprint density at radius 2 is 0.938 bits per heavy atom. The SMILES string of the molecule is C=C(C)C=[CH][In]([CH]=CC(=C)C)[CH]=CC(=C)C. The molecular formula is C15H21In. The van der Waals surface area contributed by atoms with Gasteiger partial charge < -0.3 is 0 Å². The maximum absolute atomic E-state index is 3.88. The van der Waals surface area contributed by atoms with Gasteiger partial charge in [-0.2, -0.15) is 0 Å². The van der Waals surface area contributed by atoms with E-state index < -0.39 is 21.4 Å². The van der Waals surface area contributed by atoms with Crippen LogP contribution in [-0.2, 0) is 0 Å². The van der Waals surface area contributed by atoms with Crippen LogP contribution in [0.25, 0.3) is 0 Å². The molecule has 0 aliphatic carbocycles.